The molecule has 0 fully saturated rings. The maximum absolute atomic E-state index is 15.7. The van der Waals surface area contributed by atoms with E-state index in [2.05, 4.69) is 6.92 Å². The van der Waals surface area contributed by atoms with Gasteiger partial charge in [-0.1, -0.05) is 84.0 Å². The highest BCUT2D eigenvalue weighted by Gasteiger charge is 2.52. The molecular weight excluding hydrogens is 730 g/mol. The zero-order valence-corrected chi connectivity index (χ0v) is 35.2. The summed E-state index contributed by atoms with van der Waals surface area (Å²) in [6, 6.07) is 1.76. The van der Waals surface area contributed by atoms with Crippen LogP contribution < -0.4 is 4.89 Å². The van der Waals surface area contributed by atoms with Crippen molar-refractivity contribution in [3.63, 3.8) is 0 Å². The number of rotatable bonds is 29. The number of hydrogen-bond donors (Lipinski definition) is 0. The Morgan fingerprint density at radius 1 is 0.855 bits per heavy atom. The fraction of sp³-hybridized carbons (Fsp3) is 0.725. The molecule has 0 amide bonds. The third-order valence-electron chi connectivity index (χ3n) is 10.1. The minimum atomic E-state index is -4.72. The van der Waals surface area contributed by atoms with Gasteiger partial charge in [0.2, 0.25) is 0 Å². The Hall–Kier alpha value is -2.48. The van der Waals surface area contributed by atoms with E-state index in [0.717, 1.165) is 33.8 Å². The second-order valence-electron chi connectivity index (χ2n) is 16.2. The summed E-state index contributed by atoms with van der Waals surface area (Å²) >= 11 is 0. The monoisotopic (exact) mass is 797 g/mol. The van der Waals surface area contributed by atoms with E-state index in [0.29, 0.717) is 59.5 Å². The summed E-state index contributed by atoms with van der Waals surface area (Å²) in [7, 11) is 0.953. The molecule has 0 spiro atoms. The van der Waals surface area contributed by atoms with Gasteiger partial charge in [0.1, 0.15) is 32.1 Å². The number of quaternary nitrogens is 1. The van der Waals surface area contributed by atoms with Crippen molar-refractivity contribution in [2.75, 3.05) is 47.5 Å². The third kappa shape index (κ3) is 16.5. The average molecular weight is 798 g/mol. The van der Waals surface area contributed by atoms with Gasteiger partial charge in [0.15, 0.2) is 11.8 Å². The highest BCUT2D eigenvalue weighted by molar-refractivity contribution is 7.52. The summed E-state index contributed by atoms with van der Waals surface area (Å²) in [5.74, 6) is -1.10. The number of likely N-dealkylation sites (N-methyl/N-ethyl adjacent to an activating group) is 1. The first-order chi connectivity index (χ1) is 26.0. The normalized spacial score (nSPS) is 16.4. The molecule has 0 saturated heterocycles. The van der Waals surface area contributed by atoms with Crippen LogP contribution in [-0.2, 0) is 33.0 Å². The molecule has 0 bridgehead atoms. The number of aromatic nitrogens is 1. The average Bonchev–Trinajstić information content (AvgIpc) is 3.65. The van der Waals surface area contributed by atoms with Crippen LogP contribution in [-0.4, -0.2) is 91.7 Å². The topological polar surface area (TPSA) is 122 Å². The molecule has 55 heavy (non-hydrogen) atoms. The van der Waals surface area contributed by atoms with Crippen LogP contribution in [0.4, 0.5) is 8.63 Å². The van der Waals surface area contributed by atoms with E-state index in [9.17, 15) is 19.4 Å². The Kier molecular flexibility index (Phi) is 19.7. The molecule has 1 aromatic heterocycles. The molecule has 11 nitrogen and oxygen atoms in total. The van der Waals surface area contributed by atoms with Crippen LogP contribution in [0.15, 0.2) is 23.9 Å². The number of fused-ring (bicyclic) bond motifs is 2. The van der Waals surface area contributed by atoms with Gasteiger partial charge in [0.05, 0.1) is 21.1 Å². The maximum atomic E-state index is 15.7. The van der Waals surface area contributed by atoms with Crippen LogP contribution in [0.5, 0.6) is 0 Å². The first-order valence-corrected chi connectivity index (χ1v) is 22.0. The molecule has 3 heterocycles. The Morgan fingerprint density at radius 3 is 2.05 bits per heavy atom. The van der Waals surface area contributed by atoms with Gasteiger partial charge in [-0.25, -0.2) is 0 Å². The second kappa shape index (κ2) is 23.1. The predicted molar refractivity (Wildman–Crippen MR) is 212 cm³/mol. The zero-order chi connectivity index (χ0) is 40.5. The predicted octanol–water partition coefficient (Wildman–Crippen LogP) is 8.41. The third-order valence-corrected chi connectivity index (χ3v) is 11.1. The van der Waals surface area contributed by atoms with Crippen LogP contribution in [0.25, 0.3) is 6.08 Å². The summed E-state index contributed by atoms with van der Waals surface area (Å²) < 4.78 is 55.0. The number of halogens is 2. The van der Waals surface area contributed by atoms with Crippen molar-refractivity contribution in [3.05, 3.63) is 40.9 Å². The standard InChI is InChI=1S/C40H67BF2N3O8P/c1-7-8-9-10-11-12-13-14-15-16-17-18-19-23-39(47)51-31-37(32-53-55(49,50)52-28-27-46(4,5)6)54-40(48)24-21-20-22-35-25-26-36-30-38-33(2)29-34(3)44(38)41(42,43)45(35)36/h25-26,29-30,37H,7-24,27-28,31-32H2,1-6H3/q+1/t37-/m1/s1. The van der Waals surface area contributed by atoms with Gasteiger partial charge in [-0.3, -0.25) is 9.59 Å². The summed E-state index contributed by atoms with van der Waals surface area (Å²) in [6.07, 6.45) is 20.7. The summed E-state index contributed by atoms with van der Waals surface area (Å²) in [5.41, 5.74) is 2.71. The smallest absolute Gasteiger partial charge is 0.603 e. The molecule has 311 valence electrons. The van der Waals surface area contributed by atoms with Crippen molar-refractivity contribution in [1.82, 2.24) is 4.48 Å². The number of hydrogen-bond acceptors (Lipinski definition) is 7. The summed E-state index contributed by atoms with van der Waals surface area (Å²) in [6.45, 7) is 1.04. The molecule has 3 rings (SSSR count). The molecule has 2 aliphatic rings. The lowest BCUT2D eigenvalue weighted by Crippen LogP contribution is -2.50. The van der Waals surface area contributed by atoms with Crippen molar-refractivity contribution in [2.45, 2.75) is 142 Å². The number of carbonyl (C=O) groups is 2. The number of aryl methyl sites for hydroxylation is 2. The lowest BCUT2D eigenvalue weighted by molar-refractivity contribution is -0.870. The number of unbranched alkanes of at least 4 members (excludes halogenated alkanes) is 13. The first kappa shape index (κ1) is 46.9. The minimum absolute atomic E-state index is 0.0419. The van der Waals surface area contributed by atoms with Gasteiger partial charge in [0.25, 0.3) is 0 Å². The first-order valence-electron chi connectivity index (χ1n) is 20.6. The molecule has 1 aromatic rings. The lowest BCUT2D eigenvalue weighted by atomic mass is 9.90. The van der Waals surface area contributed by atoms with Crippen LogP contribution >= 0.6 is 8.17 Å². The molecule has 0 saturated carbocycles. The van der Waals surface area contributed by atoms with Crippen molar-refractivity contribution >= 4 is 38.9 Å². The highest BCUT2D eigenvalue weighted by atomic mass is 31.2. The van der Waals surface area contributed by atoms with E-state index in [-0.39, 0.29) is 26.1 Å². The molecule has 0 unspecified atom stereocenters. The Labute approximate surface area is 329 Å². The lowest BCUT2D eigenvalue weighted by Gasteiger charge is -2.30. The van der Waals surface area contributed by atoms with E-state index in [4.69, 9.17) is 18.5 Å². The van der Waals surface area contributed by atoms with Crippen molar-refractivity contribution in [1.29, 1.82) is 0 Å². The Bertz CT molecular complexity index is 1470. The molecule has 0 aromatic carbocycles. The quantitative estimate of drug-likeness (QED) is 0.0262. The van der Waals surface area contributed by atoms with Gasteiger partial charge >= 0.3 is 27.1 Å². The number of esters is 2. The SMILES string of the molecule is CCCCCCCCCCCCCCCC(=O)OC[C@H](CO[P+]([O])([O-])OCC[N+](C)(C)C)OC(=O)CCCCC1=[N+]2C(=Cc3c(C)cc(C)n3[B-]2(F)F)C=C1. The molecule has 2 aliphatic heterocycles. The molecular formula is C40H67BF2N3O8P+. The fourth-order valence-corrected chi connectivity index (χ4v) is 7.74. The van der Waals surface area contributed by atoms with Crippen LogP contribution in [0.3, 0.4) is 0 Å². The van der Waals surface area contributed by atoms with Crippen molar-refractivity contribution in [2.24, 2.45) is 0 Å². The largest absolute Gasteiger partial charge is 0.737 e. The van der Waals surface area contributed by atoms with Crippen molar-refractivity contribution in [3.8, 4) is 0 Å². The van der Waals surface area contributed by atoms with Gasteiger partial charge in [-0.2, -0.15) is 9.05 Å². The molecule has 0 aliphatic carbocycles. The minimum Gasteiger partial charge on any atom is -0.603 e. The molecule has 0 N–H and O–H groups in total. The number of nitrogens with zero attached hydrogens (tertiary/aromatic N) is 3. The van der Waals surface area contributed by atoms with E-state index in [1.807, 2.05) is 28.1 Å². The number of carbonyl (C=O) groups excluding carboxylic acids is 2. The van der Waals surface area contributed by atoms with Crippen molar-refractivity contribution < 1.29 is 55.5 Å². The Balaban J connectivity index is 1.42. The molecule has 1 atom stereocenters. The van der Waals surface area contributed by atoms with Crippen LogP contribution in [0, 0.1) is 13.8 Å². The number of allylic oxidation sites excluding steroid dienone is 2. The van der Waals surface area contributed by atoms with Crippen LogP contribution in [0.2, 0.25) is 0 Å². The van der Waals surface area contributed by atoms with Gasteiger partial charge < -0.3 is 36.4 Å². The Morgan fingerprint density at radius 2 is 1.44 bits per heavy atom. The maximum Gasteiger partial charge on any atom is 0.737 e. The van der Waals surface area contributed by atoms with E-state index in [1.54, 1.807) is 31.2 Å². The second-order valence-corrected chi connectivity index (χ2v) is 17.6. The van der Waals surface area contributed by atoms with Gasteiger partial charge in [0, 0.05) is 48.1 Å². The summed E-state index contributed by atoms with van der Waals surface area (Å²) in [4.78, 5) is 50.2. The van der Waals surface area contributed by atoms with E-state index in [1.165, 1.54) is 57.8 Å². The summed E-state index contributed by atoms with van der Waals surface area (Å²) in [5, 5.41) is 0. The van der Waals surface area contributed by atoms with Gasteiger partial charge in [-0.05, 0) is 50.4 Å². The number of ether oxygens (including phenoxy) is 2. The van der Waals surface area contributed by atoms with E-state index >= 15 is 8.63 Å². The van der Waals surface area contributed by atoms with Gasteiger partial charge in [-0.15, -0.1) is 0 Å². The fourth-order valence-electron chi connectivity index (χ4n) is 7.02. The van der Waals surface area contributed by atoms with E-state index < -0.39 is 39.8 Å². The zero-order valence-electron chi connectivity index (χ0n) is 34.3. The van der Waals surface area contributed by atoms with Crippen LogP contribution in [0.1, 0.15) is 139 Å². The molecule has 1 radical (unpaired) electrons. The highest BCUT2D eigenvalue weighted by Crippen LogP contribution is 2.48. The molecule has 15 heteroatoms.